The normalized spacial score (nSPS) is 23.8. The molecule has 0 aromatic heterocycles. The van der Waals surface area contributed by atoms with Crippen LogP contribution < -0.4 is 10.1 Å². The summed E-state index contributed by atoms with van der Waals surface area (Å²) in [7, 11) is 0. The van der Waals surface area contributed by atoms with Crippen LogP contribution in [0.5, 0.6) is 5.75 Å². The molecule has 1 saturated carbocycles. The summed E-state index contributed by atoms with van der Waals surface area (Å²) >= 11 is 0. The largest absolute Gasteiger partial charge is 0.490 e. The van der Waals surface area contributed by atoms with E-state index >= 15 is 0 Å². The molecule has 1 aromatic rings. The van der Waals surface area contributed by atoms with Crippen LogP contribution in [-0.4, -0.2) is 24.9 Å². The Morgan fingerprint density at radius 3 is 2.95 bits per heavy atom. The molecule has 1 atom stereocenters. The number of nitrogens with one attached hydrogen (secondary N) is 1. The molecule has 3 nitrogen and oxygen atoms in total. The van der Waals surface area contributed by atoms with Crippen LogP contribution in [0.25, 0.3) is 0 Å². The van der Waals surface area contributed by atoms with Gasteiger partial charge in [0.15, 0.2) is 0 Å². The number of hydrogen-bond donors (Lipinski definition) is 1. The summed E-state index contributed by atoms with van der Waals surface area (Å²) in [6.45, 7) is 6.98. The van der Waals surface area contributed by atoms with E-state index in [1.165, 1.54) is 30.4 Å². The Balaban J connectivity index is 1.71. The molecule has 1 N–H and O–H groups in total. The molecule has 1 spiro atoms. The quantitative estimate of drug-likeness (QED) is 0.898. The second-order valence-electron chi connectivity index (χ2n) is 6.46. The monoisotopic (exact) mass is 289 g/mol. The van der Waals surface area contributed by atoms with E-state index in [4.69, 9.17) is 9.47 Å². The standard InChI is InChI=1S/C18H27NO2/c1-3-19-13-15-7-4-6-14(2)17(15)21-16-8-11-20-18(12-16)9-5-10-18/h4,6-7,16,19H,3,5,8-13H2,1-2H3. The van der Waals surface area contributed by atoms with Crippen LogP contribution in [0.2, 0.25) is 0 Å². The Kier molecular flexibility index (Phi) is 4.51. The van der Waals surface area contributed by atoms with Crippen LogP contribution in [0, 0.1) is 6.92 Å². The lowest BCUT2D eigenvalue weighted by Gasteiger charge is -2.47. The summed E-state index contributed by atoms with van der Waals surface area (Å²) in [5.41, 5.74) is 2.65. The molecule has 1 aromatic carbocycles. The van der Waals surface area contributed by atoms with Gasteiger partial charge in [-0.1, -0.05) is 25.1 Å². The van der Waals surface area contributed by atoms with Gasteiger partial charge in [-0.2, -0.15) is 0 Å². The lowest BCUT2D eigenvalue weighted by Crippen LogP contribution is -2.48. The molecule has 1 unspecified atom stereocenters. The average molecular weight is 289 g/mol. The highest BCUT2D eigenvalue weighted by Crippen LogP contribution is 2.43. The highest BCUT2D eigenvalue weighted by Gasteiger charge is 2.43. The molecular weight excluding hydrogens is 262 g/mol. The lowest BCUT2D eigenvalue weighted by molar-refractivity contribution is -0.153. The van der Waals surface area contributed by atoms with Gasteiger partial charge in [-0.05, 0) is 38.3 Å². The molecule has 3 rings (SSSR count). The number of rotatable bonds is 5. The smallest absolute Gasteiger partial charge is 0.127 e. The Hall–Kier alpha value is -1.06. The van der Waals surface area contributed by atoms with Crippen LogP contribution in [0.4, 0.5) is 0 Å². The van der Waals surface area contributed by atoms with Crippen LogP contribution in [0.3, 0.4) is 0 Å². The maximum absolute atomic E-state index is 6.43. The fourth-order valence-corrected chi connectivity index (χ4v) is 3.45. The molecule has 2 aliphatic rings. The Morgan fingerprint density at radius 1 is 1.38 bits per heavy atom. The fourth-order valence-electron chi connectivity index (χ4n) is 3.45. The third kappa shape index (κ3) is 3.24. The molecule has 0 bridgehead atoms. The van der Waals surface area contributed by atoms with Crippen molar-refractivity contribution in [3.8, 4) is 5.75 Å². The van der Waals surface area contributed by atoms with Crippen molar-refractivity contribution in [3.05, 3.63) is 29.3 Å². The Labute approximate surface area is 128 Å². The minimum Gasteiger partial charge on any atom is -0.490 e. The van der Waals surface area contributed by atoms with Crippen molar-refractivity contribution < 1.29 is 9.47 Å². The third-order valence-electron chi connectivity index (χ3n) is 4.86. The van der Waals surface area contributed by atoms with E-state index in [1.54, 1.807) is 0 Å². The predicted molar refractivity (Wildman–Crippen MR) is 84.7 cm³/mol. The van der Waals surface area contributed by atoms with Crippen LogP contribution in [-0.2, 0) is 11.3 Å². The molecule has 0 radical (unpaired) electrons. The number of aryl methyl sites for hydroxylation is 1. The van der Waals surface area contributed by atoms with Gasteiger partial charge in [-0.25, -0.2) is 0 Å². The van der Waals surface area contributed by atoms with Crippen molar-refractivity contribution in [1.82, 2.24) is 5.32 Å². The molecular formula is C18H27NO2. The summed E-state index contributed by atoms with van der Waals surface area (Å²) in [6.07, 6.45) is 6.11. The number of hydrogen-bond acceptors (Lipinski definition) is 3. The zero-order valence-corrected chi connectivity index (χ0v) is 13.3. The van der Waals surface area contributed by atoms with Crippen molar-refractivity contribution >= 4 is 0 Å². The minimum atomic E-state index is 0.146. The Bertz CT molecular complexity index is 482. The van der Waals surface area contributed by atoms with Gasteiger partial charge in [0.1, 0.15) is 11.9 Å². The predicted octanol–water partition coefficient (Wildman–Crippen LogP) is 3.59. The highest BCUT2D eigenvalue weighted by molar-refractivity contribution is 5.41. The topological polar surface area (TPSA) is 30.5 Å². The summed E-state index contributed by atoms with van der Waals surface area (Å²) in [5.74, 6) is 1.08. The van der Waals surface area contributed by atoms with Gasteiger partial charge in [0.05, 0.1) is 12.2 Å². The molecule has 21 heavy (non-hydrogen) atoms. The van der Waals surface area contributed by atoms with Gasteiger partial charge in [0.25, 0.3) is 0 Å². The van der Waals surface area contributed by atoms with E-state index in [0.717, 1.165) is 38.3 Å². The lowest BCUT2D eigenvalue weighted by atomic mass is 9.74. The van der Waals surface area contributed by atoms with Gasteiger partial charge in [-0.3, -0.25) is 0 Å². The Morgan fingerprint density at radius 2 is 2.24 bits per heavy atom. The molecule has 116 valence electrons. The molecule has 2 fully saturated rings. The average Bonchev–Trinajstić information content (AvgIpc) is 2.46. The summed E-state index contributed by atoms with van der Waals surface area (Å²) in [5, 5.41) is 3.40. The SMILES string of the molecule is CCNCc1cccc(C)c1OC1CCOC2(CCC2)C1. The zero-order chi connectivity index (χ0) is 14.7. The molecule has 1 aliphatic heterocycles. The van der Waals surface area contributed by atoms with E-state index in [9.17, 15) is 0 Å². The summed E-state index contributed by atoms with van der Waals surface area (Å²) < 4.78 is 12.4. The van der Waals surface area contributed by atoms with Crippen LogP contribution >= 0.6 is 0 Å². The van der Waals surface area contributed by atoms with E-state index in [-0.39, 0.29) is 5.60 Å². The first kappa shape index (κ1) is 14.9. The van der Waals surface area contributed by atoms with Crippen molar-refractivity contribution in [3.63, 3.8) is 0 Å². The van der Waals surface area contributed by atoms with E-state index < -0.39 is 0 Å². The van der Waals surface area contributed by atoms with Gasteiger partial charge < -0.3 is 14.8 Å². The molecule has 3 heteroatoms. The van der Waals surface area contributed by atoms with Gasteiger partial charge in [0.2, 0.25) is 0 Å². The van der Waals surface area contributed by atoms with E-state index in [2.05, 4.69) is 37.4 Å². The van der Waals surface area contributed by atoms with E-state index in [0.29, 0.717) is 6.10 Å². The highest BCUT2D eigenvalue weighted by atomic mass is 16.5. The first-order valence-electron chi connectivity index (χ1n) is 8.32. The second kappa shape index (κ2) is 6.37. The fraction of sp³-hybridized carbons (Fsp3) is 0.667. The van der Waals surface area contributed by atoms with E-state index in [1.807, 2.05) is 0 Å². The number of ether oxygens (including phenoxy) is 2. The van der Waals surface area contributed by atoms with Gasteiger partial charge in [0, 0.05) is 24.9 Å². The molecule has 0 amide bonds. The van der Waals surface area contributed by atoms with Crippen LogP contribution in [0.15, 0.2) is 18.2 Å². The first-order chi connectivity index (χ1) is 10.2. The van der Waals surface area contributed by atoms with Crippen molar-refractivity contribution in [2.24, 2.45) is 0 Å². The summed E-state index contributed by atoms with van der Waals surface area (Å²) in [4.78, 5) is 0. The maximum atomic E-state index is 6.43. The number of benzene rings is 1. The van der Waals surface area contributed by atoms with Crippen molar-refractivity contribution in [2.45, 2.75) is 64.2 Å². The zero-order valence-electron chi connectivity index (χ0n) is 13.3. The van der Waals surface area contributed by atoms with Gasteiger partial charge >= 0.3 is 0 Å². The van der Waals surface area contributed by atoms with Crippen molar-refractivity contribution in [1.29, 1.82) is 0 Å². The van der Waals surface area contributed by atoms with Crippen molar-refractivity contribution in [2.75, 3.05) is 13.2 Å². The van der Waals surface area contributed by atoms with Crippen LogP contribution in [0.1, 0.15) is 50.2 Å². The second-order valence-corrected chi connectivity index (χ2v) is 6.46. The molecule has 1 saturated heterocycles. The molecule has 1 aliphatic carbocycles. The maximum Gasteiger partial charge on any atom is 0.127 e. The number of para-hydroxylation sites is 1. The summed E-state index contributed by atoms with van der Waals surface area (Å²) in [6, 6.07) is 6.43. The first-order valence-corrected chi connectivity index (χ1v) is 8.32. The van der Waals surface area contributed by atoms with Gasteiger partial charge in [-0.15, -0.1) is 0 Å². The third-order valence-corrected chi connectivity index (χ3v) is 4.86. The minimum absolute atomic E-state index is 0.146. The molecule has 1 heterocycles.